The highest BCUT2D eigenvalue weighted by Crippen LogP contribution is 2.30. The summed E-state index contributed by atoms with van der Waals surface area (Å²) < 4.78 is 2.14. The van der Waals surface area contributed by atoms with E-state index in [1.54, 1.807) is 0 Å². The van der Waals surface area contributed by atoms with Gasteiger partial charge in [0.15, 0.2) is 5.82 Å². The summed E-state index contributed by atoms with van der Waals surface area (Å²) in [5.41, 5.74) is 1.15. The van der Waals surface area contributed by atoms with E-state index in [4.69, 9.17) is 0 Å². The normalized spacial score (nSPS) is 20.1. The number of para-hydroxylation sites is 1. The molecule has 1 fully saturated rings. The Morgan fingerprint density at radius 1 is 1.20 bits per heavy atom. The van der Waals surface area contributed by atoms with Gasteiger partial charge >= 0.3 is 0 Å². The van der Waals surface area contributed by atoms with Crippen LogP contribution in [0.15, 0.2) is 36.7 Å². The third-order valence-electron chi connectivity index (χ3n) is 4.03. The molecule has 20 heavy (non-hydrogen) atoms. The maximum Gasteiger partial charge on any atom is 0.154 e. The maximum atomic E-state index is 4.42. The molecule has 0 radical (unpaired) electrons. The first-order chi connectivity index (χ1) is 9.90. The fourth-order valence-corrected chi connectivity index (χ4v) is 3.10. The van der Waals surface area contributed by atoms with Gasteiger partial charge in [-0.25, -0.2) is 0 Å². The average Bonchev–Trinajstić information content (AvgIpc) is 2.98. The first kappa shape index (κ1) is 13.3. The van der Waals surface area contributed by atoms with Gasteiger partial charge in [0.2, 0.25) is 0 Å². The van der Waals surface area contributed by atoms with Gasteiger partial charge in [-0.15, -0.1) is 10.2 Å². The van der Waals surface area contributed by atoms with Crippen molar-refractivity contribution in [2.45, 2.75) is 38.6 Å². The van der Waals surface area contributed by atoms with Crippen LogP contribution >= 0.6 is 0 Å². The van der Waals surface area contributed by atoms with Gasteiger partial charge in [0.05, 0.1) is 6.04 Å². The van der Waals surface area contributed by atoms with Gasteiger partial charge in [0.25, 0.3) is 0 Å². The predicted molar refractivity (Wildman–Crippen MR) is 79.8 cm³/mol. The summed E-state index contributed by atoms with van der Waals surface area (Å²) in [6, 6.07) is 10.8. The second kappa shape index (κ2) is 6.18. The summed E-state index contributed by atoms with van der Waals surface area (Å²) in [5, 5.41) is 8.57. The summed E-state index contributed by atoms with van der Waals surface area (Å²) in [4.78, 5) is 2.56. The largest absolute Gasteiger partial charge is 0.293 e. The van der Waals surface area contributed by atoms with E-state index in [0.717, 1.165) is 18.1 Å². The van der Waals surface area contributed by atoms with Crippen molar-refractivity contribution in [2.75, 3.05) is 13.1 Å². The molecule has 1 aliphatic rings. The Hall–Kier alpha value is -1.68. The van der Waals surface area contributed by atoms with Crippen LogP contribution < -0.4 is 0 Å². The van der Waals surface area contributed by atoms with Crippen molar-refractivity contribution in [3.63, 3.8) is 0 Å². The molecule has 0 N–H and O–H groups in total. The van der Waals surface area contributed by atoms with Gasteiger partial charge in [-0.2, -0.15) is 0 Å². The molecular weight excluding hydrogens is 248 g/mol. The lowest BCUT2D eigenvalue weighted by Gasteiger charge is -2.34. The smallest absolute Gasteiger partial charge is 0.154 e. The van der Waals surface area contributed by atoms with E-state index >= 15 is 0 Å². The Morgan fingerprint density at radius 3 is 2.85 bits per heavy atom. The fourth-order valence-electron chi connectivity index (χ4n) is 3.10. The summed E-state index contributed by atoms with van der Waals surface area (Å²) >= 11 is 0. The van der Waals surface area contributed by atoms with Crippen LogP contribution in [-0.4, -0.2) is 32.8 Å². The molecule has 3 rings (SSSR count). The van der Waals surface area contributed by atoms with Crippen molar-refractivity contribution >= 4 is 0 Å². The average molecular weight is 270 g/mol. The Balaban J connectivity index is 1.92. The molecule has 2 aromatic rings. The van der Waals surface area contributed by atoms with E-state index in [1.807, 2.05) is 12.4 Å². The number of nitrogens with zero attached hydrogens (tertiary/aromatic N) is 4. The third-order valence-corrected chi connectivity index (χ3v) is 4.03. The molecule has 4 nitrogen and oxygen atoms in total. The lowest BCUT2D eigenvalue weighted by atomic mass is 10.0. The molecule has 1 unspecified atom stereocenters. The lowest BCUT2D eigenvalue weighted by Crippen LogP contribution is -2.35. The minimum atomic E-state index is 0.409. The van der Waals surface area contributed by atoms with Crippen LogP contribution in [-0.2, 0) is 0 Å². The molecule has 0 bridgehead atoms. The molecular formula is C16H22N4. The monoisotopic (exact) mass is 270 g/mol. The Morgan fingerprint density at radius 2 is 2.05 bits per heavy atom. The van der Waals surface area contributed by atoms with E-state index in [0.29, 0.717) is 6.04 Å². The predicted octanol–water partition coefficient (Wildman–Crippen LogP) is 3.20. The van der Waals surface area contributed by atoms with Crippen molar-refractivity contribution in [1.82, 2.24) is 19.7 Å². The molecule has 1 saturated heterocycles. The van der Waals surface area contributed by atoms with Crippen molar-refractivity contribution in [2.24, 2.45) is 0 Å². The number of benzene rings is 1. The van der Waals surface area contributed by atoms with Crippen LogP contribution in [0.5, 0.6) is 0 Å². The minimum Gasteiger partial charge on any atom is -0.293 e. The zero-order chi connectivity index (χ0) is 13.8. The molecule has 1 atom stereocenters. The van der Waals surface area contributed by atoms with Gasteiger partial charge in [-0.3, -0.25) is 9.47 Å². The zero-order valence-electron chi connectivity index (χ0n) is 12.1. The van der Waals surface area contributed by atoms with Gasteiger partial charge < -0.3 is 0 Å². The van der Waals surface area contributed by atoms with Crippen molar-refractivity contribution in [3.8, 4) is 5.69 Å². The van der Waals surface area contributed by atoms with E-state index in [1.165, 1.54) is 32.2 Å². The zero-order valence-corrected chi connectivity index (χ0v) is 12.1. The summed E-state index contributed by atoms with van der Waals surface area (Å²) in [5.74, 6) is 1.09. The van der Waals surface area contributed by atoms with Crippen LogP contribution in [0.25, 0.3) is 5.69 Å². The second-order valence-corrected chi connectivity index (χ2v) is 5.44. The minimum absolute atomic E-state index is 0.409. The third kappa shape index (κ3) is 2.61. The van der Waals surface area contributed by atoms with E-state index in [9.17, 15) is 0 Å². The molecule has 0 aliphatic carbocycles. The quantitative estimate of drug-likeness (QED) is 0.855. The number of hydrogen-bond acceptors (Lipinski definition) is 3. The highest BCUT2D eigenvalue weighted by molar-refractivity contribution is 5.32. The number of rotatable bonds is 4. The van der Waals surface area contributed by atoms with Crippen LogP contribution in [0.2, 0.25) is 0 Å². The van der Waals surface area contributed by atoms with Gasteiger partial charge in [0, 0.05) is 5.69 Å². The number of likely N-dealkylation sites (tertiary alicyclic amines) is 1. The van der Waals surface area contributed by atoms with Crippen molar-refractivity contribution in [3.05, 3.63) is 42.5 Å². The summed E-state index contributed by atoms with van der Waals surface area (Å²) in [6.45, 7) is 4.57. The standard InChI is InChI=1S/C16H22N4/c1-2-11-19-12-7-6-10-15(19)16-18-17-13-20(16)14-8-4-3-5-9-14/h3-5,8-9,13,15H,2,6-7,10-12H2,1H3. The molecule has 106 valence electrons. The van der Waals surface area contributed by atoms with Gasteiger partial charge in [-0.1, -0.05) is 31.5 Å². The Bertz CT molecular complexity index is 532. The van der Waals surface area contributed by atoms with Crippen molar-refractivity contribution < 1.29 is 0 Å². The lowest BCUT2D eigenvalue weighted by molar-refractivity contribution is 0.141. The van der Waals surface area contributed by atoms with Crippen LogP contribution in [0.4, 0.5) is 0 Å². The molecule has 2 heterocycles. The molecule has 0 spiro atoms. The molecule has 1 aliphatic heterocycles. The Labute approximate surface area is 120 Å². The Kier molecular flexibility index (Phi) is 4.11. The van der Waals surface area contributed by atoms with Crippen molar-refractivity contribution in [1.29, 1.82) is 0 Å². The SMILES string of the molecule is CCCN1CCCCC1c1nncn1-c1ccccc1. The molecule has 0 amide bonds. The van der Waals surface area contributed by atoms with Gasteiger partial charge in [0.1, 0.15) is 6.33 Å². The fraction of sp³-hybridized carbons (Fsp3) is 0.500. The summed E-state index contributed by atoms with van der Waals surface area (Å²) in [7, 11) is 0. The topological polar surface area (TPSA) is 34.0 Å². The first-order valence-corrected chi connectivity index (χ1v) is 7.59. The molecule has 0 saturated carbocycles. The van der Waals surface area contributed by atoms with Crippen LogP contribution in [0, 0.1) is 0 Å². The van der Waals surface area contributed by atoms with Gasteiger partial charge in [-0.05, 0) is 44.5 Å². The highest BCUT2D eigenvalue weighted by Gasteiger charge is 2.27. The number of hydrogen-bond donors (Lipinski definition) is 0. The van der Waals surface area contributed by atoms with E-state index in [-0.39, 0.29) is 0 Å². The number of piperidine rings is 1. The van der Waals surface area contributed by atoms with E-state index in [2.05, 4.69) is 50.9 Å². The number of aromatic nitrogens is 3. The molecule has 1 aromatic heterocycles. The first-order valence-electron chi connectivity index (χ1n) is 7.59. The summed E-state index contributed by atoms with van der Waals surface area (Å²) in [6.07, 6.45) is 6.80. The highest BCUT2D eigenvalue weighted by atomic mass is 15.3. The second-order valence-electron chi connectivity index (χ2n) is 5.44. The van der Waals surface area contributed by atoms with Crippen LogP contribution in [0.3, 0.4) is 0 Å². The van der Waals surface area contributed by atoms with E-state index < -0.39 is 0 Å². The molecule has 1 aromatic carbocycles. The maximum absolute atomic E-state index is 4.42. The molecule has 4 heteroatoms. The van der Waals surface area contributed by atoms with Crippen LogP contribution in [0.1, 0.15) is 44.5 Å².